The second-order valence-corrected chi connectivity index (χ2v) is 6.09. The lowest BCUT2D eigenvalue weighted by Crippen LogP contribution is -2.25. The summed E-state index contributed by atoms with van der Waals surface area (Å²) in [4.78, 5) is 24.0. The molecule has 2 aromatic carbocycles. The molecule has 27 heavy (non-hydrogen) atoms. The molecule has 0 saturated carbocycles. The Morgan fingerprint density at radius 1 is 1.07 bits per heavy atom. The molecule has 1 amide bonds. The van der Waals surface area contributed by atoms with E-state index in [1.54, 1.807) is 6.07 Å². The summed E-state index contributed by atoms with van der Waals surface area (Å²) in [5.74, 6) is -3.38. The summed E-state index contributed by atoms with van der Waals surface area (Å²) in [5.41, 5.74) is 1.22. The number of nitrogens with one attached hydrogen (secondary N) is 2. The zero-order chi connectivity index (χ0) is 18.7. The largest absolute Gasteiger partial charge is 0.324 e. The van der Waals surface area contributed by atoms with Crippen LogP contribution in [0.3, 0.4) is 0 Å². The number of amides is 1. The molecule has 1 aliphatic rings. The number of carbonyl (C=O) groups excluding carboxylic acids is 2. The van der Waals surface area contributed by atoms with Crippen LogP contribution in [-0.4, -0.2) is 18.2 Å². The maximum absolute atomic E-state index is 14.5. The van der Waals surface area contributed by atoms with E-state index in [1.165, 1.54) is 6.07 Å². The van der Waals surface area contributed by atoms with Gasteiger partial charge in [-0.2, -0.15) is 0 Å². The Balaban J connectivity index is 0.00000261. The van der Waals surface area contributed by atoms with Crippen molar-refractivity contribution in [3.05, 3.63) is 64.5 Å². The summed E-state index contributed by atoms with van der Waals surface area (Å²) in [6, 6.07) is 5.88. The van der Waals surface area contributed by atoms with Crippen molar-refractivity contribution in [1.29, 1.82) is 0 Å². The van der Waals surface area contributed by atoms with E-state index in [9.17, 15) is 22.8 Å². The van der Waals surface area contributed by atoms with Gasteiger partial charge in [0.2, 0.25) is 5.91 Å². The first-order chi connectivity index (χ1) is 12.5. The quantitative estimate of drug-likeness (QED) is 0.754. The van der Waals surface area contributed by atoms with Gasteiger partial charge < -0.3 is 10.6 Å². The molecule has 0 aliphatic carbocycles. The number of hydrogen-bond acceptors (Lipinski definition) is 3. The number of benzene rings is 2. The molecule has 2 N–H and O–H groups in total. The number of Topliss-reactive ketones (excluding diaryl/α,β-unsaturated/α-hetero) is 1. The van der Waals surface area contributed by atoms with Crippen molar-refractivity contribution in [3.8, 4) is 0 Å². The van der Waals surface area contributed by atoms with E-state index in [1.807, 2.05) is 0 Å². The van der Waals surface area contributed by atoms with Gasteiger partial charge in [-0.3, -0.25) is 9.59 Å². The molecule has 0 spiro atoms. The number of fused-ring (bicyclic) bond motifs is 1. The molecule has 3 rings (SSSR count). The molecule has 2 aromatic rings. The van der Waals surface area contributed by atoms with Gasteiger partial charge in [0, 0.05) is 25.5 Å². The van der Waals surface area contributed by atoms with Crippen molar-refractivity contribution in [1.82, 2.24) is 5.32 Å². The fraction of sp³-hybridized carbons (Fsp3) is 0.263. The number of ketones is 1. The molecule has 8 heteroatoms. The highest BCUT2D eigenvalue weighted by atomic mass is 35.5. The van der Waals surface area contributed by atoms with Crippen LogP contribution < -0.4 is 10.6 Å². The zero-order valence-electron chi connectivity index (χ0n) is 14.3. The van der Waals surface area contributed by atoms with Gasteiger partial charge in [0.25, 0.3) is 0 Å². The molecular weight excluding hydrogens is 381 g/mol. The molecule has 1 heterocycles. The minimum absolute atomic E-state index is 0. The molecule has 0 fully saturated rings. The molecule has 0 atom stereocenters. The van der Waals surface area contributed by atoms with E-state index in [2.05, 4.69) is 10.6 Å². The maximum atomic E-state index is 14.5. The summed E-state index contributed by atoms with van der Waals surface area (Å²) in [6.45, 7) is 1.25. The van der Waals surface area contributed by atoms with Gasteiger partial charge in [0.1, 0.15) is 17.5 Å². The molecule has 1 aliphatic heterocycles. The van der Waals surface area contributed by atoms with Crippen LogP contribution in [0.2, 0.25) is 0 Å². The third-order valence-corrected chi connectivity index (χ3v) is 4.29. The average molecular weight is 399 g/mol. The minimum Gasteiger partial charge on any atom is -0.324 e. The van der Waals surface area contributed by atoms with E-state index in [-0.39, 0.29) is 36.5 Å². The van der Waals surface area contributed by atoms with E-state index >= 15 is 0 Å². The predicted octanol–water partition coefficient (Wildman–Crippen LogP) is 3.77. The van der Waals surface area contributed by atoms with Crippen LogP contribution in [0.5, 0.6) is 0 Å². The smallest absolute Gasteiger partial charge is 0.224 e. The summed E-state index contributed by atoms with van der Waals surface area (Å²) in [6.07, 6.45) is 0.0474. The van der Waals surface area contributed by atoms with Crippen molar-refractivity contribution >= 4 is 29.8 Å². The third-order valence-electron chi connectivity index (χ3n) is 4.29. The van der Waals surface area contributed by atoms with Crippen LogP contribution in [0, 0.1) is 17.5 Å². The first-order valence-corrected chi connectivity index (χ1v) is 8.25. The first kappa shape index (κ1) is 20.9. The summed E-state index contributed by atoms with van der Waals surface area (Å²) in [5, 5.41) is 5.59. The lowest BCUT2D eigenvalue weighted by atomic mass is 9.99. The van der Waals surface area contributed by atoms with Crippen molar-refractivity contribution < 1.29 is 22.8 Å². The molecule has 0 saturated heterocycles. The number of anilines is 1. The summed E-state index contributed by atoms with van der Waals surface area (Å²) >= 11 is 0. The van der Waals surface area contributed by atoms with Gasteiger partial charge >= 0.3 is 0 Å². The summed E-state index contributed by atoms with van der Waals surface area (Å²) in [7, 11) is 0. The minimum atomic E-state index is -0.968. The Labute approximate surface area is 160 Å². The average Bonchev–Trinajstić information content (AvgIpc) is 2.62. The highest BCUT2D eigenvalue weighted by Gasteiger charge is 2.18. The van der Waals surface area contributed by atoms with Gasteiger partial charge in [0.05, 0.1) is 11.3 Å². The highest BCUT2D eigenvalue weighted by Crippen LogP contribution is 2.24. The van der Waals surface area contributed by atoms with Gasteiger partial charge in [0.15, 0.2) is 5.78 Å². The van der Waals surface area contributed by atoms with Crippen LogP contribution in [0.1, 0.15) is 34.3 Å². The molecule has 144 valence electrons. The molecule has 0 radical (unpaired) electrons. The van der Waals surface area contributed by atoms with Crippen molar-refractivity contribution in [2.45, 2.75) is 25.8 Å². The SMILES string of the molecule is Cl.O=C(CCC(=O)c1ccc(F)cc1F)Nc1ccc2c(c1F)CCNC2. The normalized spacial score (nSPS) is 12.7. The van der Waals surface area contributed by atoms with Gasteiger partial charge in [-0.05, 0) is 42.3 Å². The number of rotatable bonds is 5. The van der Waals surface area contributed by atoms with Crippen LogP contribution in [0.4, 0.5) is 18.9 Å². The molecule has 0 bridgehead atoms. The fourth-order valence-corrected chi connectivity index (χ4v) is 2.92. The Morgan fingerprint density at radius 3 is 2.59 bits per heavy atom. The number of hydrogen-bond donors (Lipinski definition) is 2. The fourth-order valence-electron chi connectivity index (χ4n) is 2.92. The second-order valence-electron chi connectivity index (χ2n) is 6.09. The molecule has 4 nitrogen and oxygen atoms in total. The Bertz CT molecular complexity index is 874. The topological polar surface area (TPSA) is 58.2 Å². The second kappa shape index (κ2) is 9.01. The van der Waals surface area contributed by atoms with Crippen LogP contribution in [0.15, 0.2) is 30.3 Å². The van der Waals surface area contributed by atoms with E-state index < -0.39 is 29.1 Å². The van der Waals surface area contributed by atoms with Crippen LogP contribution in [-0.2, 0) is 17.8 Å². The number of carbonyl (C=O) groups is 2. The zero-order valence-corrected chi connectivity index (χ0v) is 15.1. The lowest BCUT2D eigenvalue weighted by molar-refractivity contribution is -0.116. The van der Waals surface area contributed by atoms with E-state index in [0.717, 1.165) is 17.7 Å². The Kier molecular flexibility index (Phi) is 6.98. The Hall–Kier alpha value is -2.38. The monoisotopic (exact) mass is 398 g/mol. The molecular formula is C19H18ClF3N2O2. The number of halogens is 4. The van der Waals surface area contributed by atoms with Crippen molar-refractivity contribution in [2.24, 2.45) is 0 Å². The predicted molar refractivity (Wildman–Crippen MR) is 97.6 cm³/mol. The van der Waals surface area contributed by atoms with Gasteiger partial charge in [-0.1, -0.05) is 6.07 Å². The summed E-state index contributed by atoms with van der Waals surface area (Å²) < 4.78 is 40.9. The highest BCUT2D eigenvalue weighted by molar-refractivity contribution is 6.00. The third kappa shape index (κ3) is 4.87. The standard InChI is InChI=1S/C19H17F3N2O2.ClH/c20-12-2-3-14(15(21)9-12)17(25)5-6-18(26)24-16-4-1-11-10-23-8-7-13(11)19(16)22;/h1-4,9,23H,5-8,10H2,(H,24,26);1H. The first-order valence-electron chi connectivity index (χ1n) is 8.25. The van der Waals surface area contributed by atoms with E-state index in [4.69, 9.17) is 0 Å². The maximum Gasteiger partial charge on any atom is 0.224 e. The van der Waals surface area contributed by atoms with Crippen molar-refractivity contribution in [2.75, 3.05) is 11.9 Å². The van der Waals surface area contributed by atoms with Crippen LogP contribution >= 0.6 is 12.4 Å². The van der Waals surface area contributed by atoms with Gasteiger partial charge in [-0.25, -0.2) is 13.2 Å². The van der Waals surface area contributed by atoms with Crippen LogP contribution in [0.25, 0.3) is 0 Å². The molecule has 0 unspecified atom stereocenters. The Morgan fingerprint density at radius 2 is 1.85 bits per heavy atom. The lowest BCUT2D eigenvalue weighted by Gasteiger charge is -2.19. The van der Waals surface area contributed by atoms with Gasteiger partial charge in [-0.15, -0.1) is 12.4 Å². The van der Waals surface area contributed by atoms with Crippen molar-refractivity contribution in [3.63, 3.8) is 0 Å². The molecule has 0 aromatic heterocycles. The van der Waals surface area contributed by atoms with E-state index in [0.29, 0.717) is 31.1 Å².